The van der Waals surface area contributed by atoms with Crippen molar-refractivity contribution in [2.75, 3.05) is 114 Å². The van der Waals surface area contributed by atoms with Gasteiger partial charge in [-0.2, -0.15) is 0 Å². The number of nitrogens with zero attached hydrogens (tertiary/aromatic N) is 22. The Morgan fingerprint density at radius 3 is 1.26 bits per heavy atom. The third-order valence-electron chi connectivity index (χ3n) is 27.9. The zero-order chi connectivity index (χ0) is 101. The lowest BCUT2D eigenvalue weighted by Crippen LogP contribution is -2.27. The fourth-order valence-electron chi connectivity index (χ4n) is 20.2. The Labute approximate surface area is 848 Å². The summed E-state index contributed by atoms with van der Waals surface area (Å²) < 4.78 is 33.7. The maximum absolute atomic E-state index is 11.7. The minimum atomic E-state index is 0.0133. The molecule has 0 bridgehead atoms. The molecule has 0 saturated heterocycles. The van der Waals surface area contributed by atoms with Gasteiger partial charge in [-0.05, 0) is 295 Å². The summed E-state index contributed by atoms with van der Waals surface area (Å²) in [5.74, 6) is 6.77. The van der Waals surface area contributed by atoms with Crippen LogP contribution >= 0.6 is 0 Å². The fourth-order valence-corrected chi connectivity index (χ4v) is 20.2. The summed E-state index contributed by atoms with van der Waals surface area (Å²) in [6.45, 7) is 22.7. The standard InChI is InChI=1S/C24H25N5O2.2C22H22N6O.C21H25N7O.C21H21N7O/c1-14-10-15(11-16-13-29(2)9-8-17(14)16)20-12-26-23(25)24(28-20)31-21-5-3-4-19-18(21)6-7-22(30)27-19;1-13-7-14(8-15-12-28(2)6-4-16(13)15)18-10-26-21(23)22(27-18)29-20-11-25-19-9-24-5-3-17(19)20;1-13-9-14(10-15-12-28(2)8-7-16(13)15)19-11-24-20(23)22(25-19)29-21-17-5-3-4-6-18(17)26-27-21;2*1-13-8-14(9-15-12-27(2)7-4-16(13)15)17-10-24-19(22)20(26-17)29-18-11-25-21-23-5-3-6-28(18)21/h3-5,10-12H,6-9,13H2,1-2H3,(H2,25,26)(H,27,30);3,5,7-11,25H,4,6,12H2,1-2H3,(H2,23,26);3-6,9-11H,7-8,12H2,1-2H3,(H2,23,24)(H,26,27);8-11H,3-7,12H2,1-2H3,(H2,22,24)(H,23,25);3,5-6,8-11H,4,7,12H2,1-2H3,(H2,22,24). The number of H-pyrrole nitrogens is 2. The second-order valence-corrected chi connectivity index (χ2v) is 38.5. The summed E-state index contributed by atoms with van der Waals surface area (Å²) in [6, 6.07) is 38.9. The van der Waals surface area contributed by atoms with Gasteiger partial charge in [0, 0.05) is 154 Å². The van der Waals surface area contributed by atoms with E-state index >= 15 is 0 Å². The lowest BCUT2D eigenvalue weighted by molar-refractivity contribution is -0.116. The molecule has 0 fully saturated rings. The van der Waals surface area contributed by atoms with Crippen molar-refractivity contribution in [3.05, 3.63) is 279 Å². The Bertz CT molecular complexity index is 7620. The first-order valence-electron chi connectivity index (χ1n) is 49.2. The average Bonchev–Trinajstić information content (AvgIpc) is 1.14. The molecule has 25 rings (SSSR count). The number of carbonyl (C=O) groups is 1. The van der Waals surface area contributed by atoms with Crippen molar-refractivity contribution in [2.24, 2.45) is 0 Å². The van der Waals surface area contributed by atoms with Gasteiger partial charge in [-0.15, -0.1) is 5.10 Å². The molecule has 7 aromatic carbocycles. The third-order valence-corrected chi connectivity index (χ3v) is 27.9. The SMILES string of the molecule is Cc1cc(-c2cnc(N)c(Oc3c[nH]c4cnccc34)n2)cc2c1CCN(C)C2.Cc1cc(-c2cnc(N)c(Oc3cccc4c3CCC(=O)N4)n2)cc2c1CCN(C)C2.Cc1cc(-c2cnc(N)c(Oc3cnc4n3CCCN4)n2)cc2c1CCN(C)C2.Cc1cc(-c2cnc(N)c(Oc3cnc4ncccn34)n2)cc2c1CCN(C)C2.Cc1cc(-c2cnc(N)c(Oc3n[nH]c4ccccc34)n2)cc2c1CCN(C)C2. The average molecular weight is 1970 g/mol. The van der Waals surface area contributed by atoms with Crippen molar-refractivity contribution < 1.29 is 28.5 Å². The number of aryl methyl sites for hydroxylation is 5. The Morgan fingerprint density at radius 2 is 0.789 bits per heavy atom. The highest BCUT2D eigenvalue weighted by Gasteiger charge is 2.29. The van der Waals surface area contributed by atoms with Gasteiger partial charge in [-0.3, -0.25) is 23.8 Å². The summed E-state index contributed by atoms with van der Waals surface area (Å²) in [4.78, 5) is 88.4. The molecule has 37 nitrogen and oxygen atoms in total. The van der Waals surface area contributed by atoms with Crippen LogP contribution in [0.4, 0.5) is 40.7 Å². The molecule has 7 aliphatic heterocycles. The predicted molar refractivity (Wildman–Crippen MR) is 568 cm³/mol. The first-order valence-corrected chi connectivity index (χ1v) is 49.2. The molecule has 0 aliphatic carbocycles. The predicted octanol–water partition coefficient (Wildman–Crippen LogP) is 16.8. The second-order valence-electron chi connectivity index (χ2n) is 38.5. The van der Waals surface area contributed by atoms with Crippen LogP contribution in [0, 0.1) is 34.6 Å². The monoisotopic (exact) mass is 1970 g/mol. The van der Waals surface area contributed by atoms with E-state index < -0.39 is 0 Å². The van der Waals surface area contributed by atoms with Crippen LogP contribution in [0.5, 0.6) is 58.5 Å². The lowest BCUT2D eigenvalue weighted by atomic mass is 9.92. The van der Waals surface area contributed by atoms with Crippen molar-refractivity contribution in [1.82, 2.24) is 118 Å². The summed E-state index contributed by atoms with van der Waals surface area (Å²) in [7, 11) is 10.7. The molecule has 0 atom stereocenters. The molecule has 0 unspecified atom stereocenters. The first-order chi connectivity index (χ1) is 71.3. The van der Waals surface area contributed by atoms with E-state index in [4.69, 9.17) is 62.3 Å². The summed E-state index contributed by atoms with van der Waals surface area (Å²) in [5, 5.41) is 15.1. The van der Waals surface area contributed by atoms with Crippen molar-refractivity contribution in [3.63, 3.8) is 0 Å². The number of pyridine rings is 1. The van der Waals surface area contributed by atoms with Crippen LogP contribution in [0.2, 0.25) is 0 Å². The van der Waals surface area contributed by atoms with E-state index in [1.54, 1.807) is 78.6 Å². The highest BCUT2D eigenvalue weighted by molar-refractivity contribution is 5.94. The van der Waals surface area contributed by atoms with E-state index in [9.17, 15) is 4.79 Å². The van der Waals surface area contributed by atoms with Gasteiger partial charge in [0.05, 0.1) is 94.5 Å². The van der Waals surface area contributed by atoms with Crippen LogP contribution in [0.1, 0.15) is 102 Å². The number of aromatic amines is 2. The normalized spacial score (nSPS) is 14.9. The number of likely N-dealkylation sites (N-methyl/N-ethyl adjacent to an activating group) is 5. The number of hydrogen-bond acceptors (Lipinski definition) is 32. The number of ether oxygens (including phenoxy) is 5. The van der Waals surface area contributed by atoms with Crippen LogP contribution in [0.3, 0.4) is 0 Å². The van der Waals surface area contributed by atoms with Crippen LogP contribution in [0.15, 0.2) is 190 Å². The molecule has 1 amide bonds. The Morgan fingerprint density at radius 1 is 0.361 bits per heavy atom. The van der Waals surface area contributed by atoms with Gasteiger partial charge in [0.15, 0.2) is 34.8 Å². The Hall–Kier alpha value is -17.0. The van der Waals surface area contributed by atoms with Crippen LogP contribution in [0.25, 0.3) is 83.9 Å². The molecular formula is C110H115N31O6. The van der Waals surface area contributed by atoms with Crippen molar-refractivity contribution in [3.8, 4) is 115 Å². The Kier molecular flexibility index (Phi) is 27.1. The van der Waals surface area contributed by atoms with Crippen LogP contribution < -0.4 is 63.0 Å². The molecule has 147 heavy (non-hydrogen) atoms. The molecule has 18 heterocycles. The van der Waals surface area contributed by atoms with Crippen molar-refractivity contribution >= 4 is 74.2 Å². The third kappa shape index (κ3) is 20.8. The summed E-state index contributed by atoms with van der Waals surface area (Å²) >= 11 is 0. The van der Waals surface area contributed by atoms with Crippen molar-refractivity contribution in [2.45, 2.75) is 125 Å². The number of anilines is 7. The topological polar surface area (TPSA) is 468 Å². The van der Waals surface area contributed by atoms with Gasteiger partial charge in [0.2, 0.25) is 35.3 Å². The highest BCUT2D eigenvalue weighted by Crippen LogP contribution is 2.43. The van der Waals surface area contributed by atoms with E-state index in [-0.39, 0.29) is 52.6 Å². The number of nitrogens with two attached hydrogens (primary N) is 5. The number of para-hydroxylation sites is 1. The van der Waals surface area contributed by atoms with Gasteiger partial charge < -0.3 is 92.5 Å². The second kappa shape index (κ2) is 41.4. The molecule has 11 aromatic heterocycles. The number of benzene rings is 7. The van der Waals surface area contributed by atoms with E-state index in [0.717, 1.165) is 212 Å². The number of aromatic nitrogens is 19. The number of imidazole rings is 2. The molecule has 0 spiro atoms. The summed E-state index contributed by atoms with van der Waals surface area (Å²) in [5.41, 5.74) is 62.9. The van der Waals surface area contributed by atoms with E-state index in [2.05, 4.69) is 241 Å². The Balaban J connectivity index is 0.000000108. The van der Waals surface area contributed by atoms with Crippen molar-refractivity contribution in [1.29, 1.82) is 0 Å². The number of amides is 1. The maximum Gasteiger partial charge on any atom is 0.264 e. The van der Waals surface area contributed by atoms with Crippen LogP contribution in [-0.4, -0.2) is 199 Å². The molecule has 18 aromatic rings. The number of nitrogen functional groups attached to an aromatic ring is 5. The minimum absolute atomic E-state index is 0.0133. The summed E-state index contributed by atoms with van der Waals surface area (Å²) in [6.07, 6.45) is 28.0. The van der Waals surface area contributed by atoms with Gasteiger partial charge in [0.25, 0.3) is 29.4 Å². The van der Waals surface area contributed by atoms with Gasteiger partial charge >= 0.3 is 0 Å². The number of carbonyl (C=O) groups excluding carboxylic acids is 1. The number of nitrogens with one attached hydrogen (secondary N) is 4. The number of hydrogen-bond donors (Lipinski definition) is 9. The van der Waals surface area contributed by atoms with E-state index in [1.165, 1.54) is 83.5 Å². The molecule has 37 heteroatoms. The number of rotatable bonds is 15. The molecule has 7 aliphatic rings. The molecular weight excluding hydrogens is 1850 g/mol. The van der Waals surface area contributed by atoms with E-state index in [0.29, 0.717) is 59.5 Å². The number of fused-ring (bicyclic) bond motifs is 10. The smallest absolute Gasteiger partial charge is 0.264 e. The largest absolute Gasteiger partial charge is 0.436 e. The highest BCUT2D eigenvalue weighted by atomic mass is 16.5. The fraction of sp³-hybridized carbons (Fsp3) is 0.273. The maximum atomic E-state index is 11.7. The molecule has 14 N–H and O–H groups in total. The molecule has 0 saturated carbocycles. The molecule has 0 radical (unpaired) electrons. The molecule has 746 valence electrons. The van der Waals surface area contributed by atoms with E-state index in [1.807, 2.05) is 59.3 Å². The minimum Gasteiger partial charge on any atom is -0.436 e. The quantitative estimate of drug-likeness (QED) is 0.0460. The first kappa shape index (κ1) is 96.1. The van der Waals surface area contributed by atoms with Crippen LogP contribution in [-0.2, 0) is 82.6 Å². The zero-order valence-electron chi connectivity index (χ0n) is 83.7. The van der Waals surface area contributed by atoms with Gasteiger partial charge in [-0.1, -0.05) is 18.2 Å². The van der Waals surface area contributed by atoms with Gasteiger partial charge in [-0.25, -0.2) is 64.8 Å². The van der Waals surface area contributed by atoms with Gasteiger partial charge in [0.1, 0.15) is 5.75 Å². The lowest BCUT2D eigenvalue weighted by Gasteiger charge is -2.27. The zero-order valence-corrected chi connectivity index (χ0v) is 83.7.